The van der Waals surface area contributed by atoms with E-state index in [1.807, 2.05) is 0 Å². The summed E-state index contributed by atoms with van der Waals surface area (Å²) in [7, 11) is 0. The van der Waals surface area contributed by atoms with Crippen molar-refractivity contribution in [3.63, 3.8) is 0 Å². The maximum Gasteiger partial charge on any atom is 0.429 e. The zero-order chi connectivity index (χ0) is 26.0. The van der Waals surface area contributed by atoms with E-state index in [1.165, 1.54) is 12.1 Å². The van der Waals surface area contributed by atoms with Crippen LogP contribution in [0.25, 0.3) is 11.1 Å². The number of hydrogen-bond donors (Lipinski definition) is 0. The maximum atomic E-state index is 15.0. The van der Waals surface area contributed by atoms with Crippen molar-refractivity contribution in [2.75, 3.05) is 0 Å². The Morgan fingerprint density at radius 2 is 1.50 bits per heavy atom. The molecule has 0 bridgehead atoms. The third-order valence-electron chi connectivity index (χ3n) is 6.83. The van der Waals surface area contributed by atoms with Gasteiger partial charge in [0.15, 0.2) is 23.3 Å². The Labute approximate surface area is 204 Å². The number of benzene rings is 3. The molecule has 1 nitrogen and oxygen atoms in total. The van der Waals surface area contributed by atoms with Gasteiger partial charge in [-0.05, 0) is 72.9 Å². The minimum absolute atomic E-state index is 0.104. The fourth-order valence-electron chi connectivity index (χ4n) is 4.94. The van der Waals surface area contributed by atoms with Gasteiger partial charge in [0.05, 0.1) is 5.56 Å². The van der Waals surface area contributed by atoms with E-state index in [1.54, 1.807) is 0 Å². The van der Waals surface area contributed by atoms with Gasteiger partial charge < -0.3 is 4.74 Å². The summed E-state index contributed by atoms with van der Waals surface area (Å²) in [6, 6.07) is 6.95. The Morgan fingerprint density at radius 1 is 0.778 bits per heavy atom. The van der Waals surface area contributed by atoms with E-state index in [4.69, 9.17) is 0 Å². The summed E-state index contributed by atoms with van der Waals surface area (Å²) in [5.41, 5.74) is -1.31. The molecule has 0 atom stereocenters. The molecule has 0 saturated heterocycles. The van der Waals surface area contributed by atoms with Gasteiger partial charge in [0.1, 0.15) is 11.6 Å². The van der Waals surface area contributed by atoms with Gasteiger partial charge in [-0.1, -0.05) is 38.0 Å². The predicted octanol–water partition coefficient (Wildman–Crippen LogP) is 9.25. The molecule has 1 fully saturated rings. The van der Waals surface area contributed by atoms with Crippen LogP contribution in [0.1, 0.15) is 62.5 Å². The lowest BCUT2D eigenvalue weighted by molar-refractivity contribution is -0.187. The van der Waals surface area contributed by atoms with Crippen LogP contribution in [0.4, 0.5) is 30.7 Å². The van der Waals surface area contributed by atoms with Crippen molar-refractivity contribution in [3.8, 4) is 16.9 Å². The Hall–Kier alpha value is -3.03. The first-order valence-corrected chi connectivity index (χ1v) is 11.9. The molecule has 192 valence electrons. The first kappa shape index (κ1) is 26.0. The van der Waals surface area contributed by atoms with Gasteiger partial charge in [0, 0.05) is 11.6 Å². The Bertz CT molecular complexity index is 1230. The largest absolute Gasteiger partial charge is 0.429 e. The molecule has 36 heavy (non-hydrogen) atoms. The summed E-state index contributed by atoms with van der Waals surface area (Å²) < 4.78 is 104. The third-order valence-corrected chi connectivity index (χ3v) is 6.83. The van der Waals surface area contributed by atoms with Crippen molar-refractivity contribution in [1.29, 1.82) is 0 Å². The van der Waals surface area contributed by atoms with E-state index in [0.29, 0.717) is 30.2 Å². The normalized spacial score (nSPS) is 18.3. The number of hydrogen-bond acceptors (Lipinski definition) is 1. The van der Waals surface area contributed by atoms with Gasteiger partial charge in [0.25, 0.3) is 0 Å². The van der Waals surface area contributed by atoms with E-state index in [2.05, 4.69) is 11.7 Å². The highest BCUT2D eigenvalue weighted by molar-refractivity contribution is 5.65. The molecular formula is C28H25F7O. The first-order valence-electron chi connectivity index (χ1n) is 11.9. The Kier molecular flexibility index (Phi) is 7.62. The minimum Gasteiger partial charge on any atom is -0.429 e. The fourth-order valence-corrected chi connectivity index (χ4v) is 4.94. The molecule has 0 unspecified atom stereocenters. The quantitative estimate of drug-likeness (QED) is 0.288. The molecule has 4 rings (SSSR count). The second-order valence-electron chi connectivity index (χ2n) is 9.23. The molecule has 0 radical (unpaired) electrons. The van der Waals surface area contributed by atoms with Crippen LogP contribution in [-0.2, 0) is 6.11 Å². The molecule has 3 aromatic carbocycles. The van der Waals surface area contributed by atoms with Crippen LogP contribution in [-0.4, -0.2) is 0 Å². The molecule has 0 heterocycles. The highest BCUT2D eigenvalue weighted by Gasteiger charge is 2.38. The molecule has 1 aliphatic rings. The Balaban J connectivity index is 1.55. The number of ether oxygens (including phenoxy) is 1. The topological polar surface area (TPSA) is 9.23 Å². The zero-order valence-electron chi connectivity index (χ0n) is 19.6. The SMILES string of the molecule is CCCC1CCC(c2ccc(-c3ccc(C(F)(F)Oc4ccc(F)c(F)c4)c(F)c3)c(F)c2F)CC1. The van der Waals surface area contributed by atoms with Gasteiger partial charge in [-0.25, -0.2) is 22.0 Å². The van der Waals surface area contributed by atoms with Crippen LogP contribution in [0.5, 0.6) is 5.75 Å². The monoisotopic (exact) mass is 510 g/mol. The van der Waals surface area contributed by atoms with Crippen LogP contribution in [0.2, 0.25) is 0 Å². The van der Waals surface area contributed by atoms with Crippen molar-refractivity contribution in [2.45, 2.75) is 57.5 Å². The van der Waals surface area contributed by atoms with E-state index in [0.717, 1.165) is 50.7 Å². The molecule has 0 N–H and O–H groups in total. The maximum absolute atomic E-state index is 15.0. The summed E-state index contributed by atoms with van der Waals surface area (Å²) in [5.74, 6) is -6.49. The molecule has 0 spiro atoms. The zero-order valence-corrected chi connectivity index (χ0v) is 19.6. The van der Waals surface area contributed by atoms with E-state index in [9.17, 15) is 30.7 Å². The summed E-state index contributed by atoms with van der Waals surface area (Å²) >= 11 is 0. The lowest BCUT2D eigenvalue weighted by Crippen LogP contribution is -2.23. The molecule has 8 heteroatoms. The lowest BCUT2D eigenvalue weighted by Gasteiger charge is -2.29. The summed E-state index contributed by atoms with van der Waals surface area (Å²) in [6.45, 7) is 2.12. The van der Waals surface area contributed by atoms with Crippen molar-refractivity contribution in [1.82, 2.24) is 0 Å². The average molecular weight is 510 g/mol. The van der Waals surface area contributed by atoms with Crippen molar-refractivity contribution >= 4 is 0 Å². The molecule has 1 aliphatic carbocycles. The number of rotatable bonds is 7. The minimum atomic E-state index is -4.24. The third kappa shape index (κ3) is 5.37. The number of alkyl halides is 2. The lowest BCUT2D eigenvalue weighted by atomic mass is 9.77. The van der Waals surface area contributed by atoms with Gasteiger partial charge >= 0.3 is 6.11 Å². The van der Waals surface area contributed by atoms with Gasteiger partial charge in [-0.3, -0.25) is 0 Å². The average Bonchev–Trinajstić information content (AvgIpc) is 2.83. The van der Waals surface area contributed by atoms with Crippen molar-refractivity contribution in [2.24, 2.45) is 5.92 Å². The second kappa shape index (κ2) is 10.5. The van der Waals surface area contributed by atoms with E-state index >= 15 is 0 Å². The molecular weight excluding hydrogens is 485 g/mol. The highest BCUT2D eigenvalue weighted by Crippen LogP contribution is 2.41. The molecule has 0 aromatic heterocycles. The van der Waals surface area contributed by atoms with Crippen LogP contribution in [0.3, 0.4) is 0 Å². The van der Waals surface area contributed by atoms with E-state index < -0.39 is 46.5 Å². The smallest absolute Gasteiger partial charge is 0.429 e. The highest BCUT2D eigenvalue weighted by atomic mass is 19.3. The standard InChI is InChI=1S/C28H25F7O/c1-2-3-16-4-6-17(7-5-16)20-10-11-21(27(33)26(20)32)18-8-12-22(24(30)14-18)28(34,35)36-19-9-13-23(29)25(31)15-19/h8-17H,2-7H2,1H3. The summed E-state index contributed by atoms with van der Waals surface area (Å²) in [4.78, 5) is 0. The molecule has 0 amide bonds. The number of halogens is 7. The van der Waals surface area contributed by atoms with Crippen LogP contribution >= 0.6 is 0 Å². The fraction of sp³-hybridized carbons (Fsp3) is 0.357. The van der Waals surface area contributed by atoms with E-state index in [-0.39, 0.29) is 22.6 Å². The van der Waals surface area contributed by atoms with Crippen LogP contribution in [0, 0.1) is 35.0 Å². The van der Waals surface area contributed by atoms with Gasteiger partial charge in [-0.15, -0.1) is 0 Å². The Morgan fingerprint density at radius 3 is 2.14 bits per heavy atom. The molecule has 1 saturated carbocycles. The van der Waals surface area contributed by atoms with Gasteiger partial charge in [-0.2, -0.15) is 8.78 Å². The van der Waals surface area contributed by atoms with Gasteiger partial charge in [0.2, 0.25) is 0 Å². The van der Waals surface area contributed by atoms with Crippen molar-refractivity contribution < 1.29 is 35.5 Å². The second-order valence-corrected chi connectivity index (χ2v) is 9.23. The predicted molar refractivity (Wildman–Crippen MR) is 122 cm³/mol. The van der Waals surface area contributed by atoms with Crippen LogP contribution < -0.4 is 4.74 Å². The van der Waals surface area contributed by atoms with Crippen molar-refractivity contribution in [3.05, 3.63) is 88.7 Å². The van der Waals surface area contributed by atoms with Crippen LogP contribution in [0.15, 0.2) is 48.5 Å². The first-order chi connectivity index (χ1) is 17.1. The molecule has 3 aromatic rings. The summed E-state index contributed by atoms with van der Waals surface area (Å²) in [5, 5.41) is 0. The summed E-state index contributed by atoms with van der Waals surface area (Å²) in [6.07, 6.45) is 1.40. The molecule has 0 aliphatic heterocycles.